The first kappa shape index (κ1) is 14.3. The molecule has 1 aromatic heterocycles. The lowest BCUT2D eigenvalue weighted by Crippen LogP contribution is -2.22. The standard InChI is InChI=1S/C16H20FN3/c1-3-18-16-9-8-13(11-19-16)12-20(4-2)15-7-5-6-14(17)10-15/h5-11H,3-4,12H2,1-2H3,(H,18,19). The van der Waals surface area contributed by atoms with E-state index in [1.807, 2.05) is 31.3 Å². The highest BCUT2D eigenvalue weighted by atomic mass is 19.1. The molecule has 3 nitrogen and oxygen atoms in total. The van der Waals surface area contributed by atoms with E-state index in [9.17, 15) is 4.39 Å². The van der Waals surface area contributed by atoms with Crippen LogP contribution in [0.2, 0.25) is 0 Å². The van der Waals surface area contributed by atoms with Crippen LogP contribution >= 0.6 is 0 Å². The summed E-state index contributed by atoms with van der Waals surface area (Å²) in [5.74, 6) is 0.673. The molecule has 0 aliphatic carbocycles. The number of hydrogen-bond acceptors (Lipinski definition) is 3. The van der Waals surface area contributed by atoms with Crippen LogP contribution < -0.4 is 10.2 Å². The number of nitrogens with one attached hydrogen (secondary N) is 1. The van der Waals surface area contributed by atoms with Crippen molar-refractivity contribution in [3.05, 3.63) is 54.0 Å². The van der Waals surface area contributed by atoms with Gasteiger partial charge < -0.3 is 10.2 Å². The molecule has 0 unspecified atom stereocenters. The molecule has 2 rings (SSSR count). The van der Waals surface area contributed by atoms with Gasteiger partial charge in [-0.25, -0.2) is 9.37 Å². The molecule has 0 aliphatic rings. The highest BCUT2D eigenvalue weighted by Crippen LogP contribution is 2.18. The number of anilines is 2. The van der Waals surface area contributed by atoms with E-state index in [0.29, 0.717) is 0 Å². The summed E-state index contributed by atoms with van der Waals surface area (Å²) in [6.45, 7) is 6.50. The van der Waals surface area contributed by atoms with Gasteiger partial charge in [-0.05, 0) is 43.7 Å². The zero-order valence-corrected chi connectivity index (χ0v) is 11.9. The monoisotopic (exact) mass is 273 g/mol. The Kier molecular flexibility index (Phi) is 4.93. The Labute approximate surface area is 119 Å². The fourth-order valence-corrected chi connectivity index (χ4v) is 2.08. The van der Waals surface area contributed by atoms with Crippen LogP contribution in [0.5, 0.6) is 0 Å². The van der Waals surface area contributed by atoms with E-state index in [-0.39, 0.29) is 5.82 Å². The maximum absolute atomic E-state index is 13.3. The number of benzene rings is 1. The molecule has 106 valence electrons. The second-order valence-corrected chi connectivity index (χ2v) is 4.58. The Morgan fingerprint density at radius 1 is 1.20 bits per heavy atom. The van der Waals surface area contributed by atoms with Crippen molar-refractivity contribution in [3.63, 3.8) is 0 Å². The van der Waals surface area contributed by atoms with Gasteiger partial charge in [-0.1, -0.05) is 12.1 Å². The third-order valence-electron chi connectivity index (χ3n) is 3.11. The topological polar surface area (TPSA) is 28.2 Å². The quantitative estimate of drug-likeness (QED) is 0.870. The Morgan fingerprint density at radius 3 is 2.65 bits per heavy atom. The highest BCUT2D eigenvalue weighted by Gasteiger charge is 2.06. The third kappa shape index (κ3) is 3.70. The average molecular weight is 273 g/mol. The van der Waals surface area contributed by atoms with E-state index >= 15 is 0 Å². The molecule has 0 aliphatic heterocycles. The van der Waals surface area contributed by atoms with Crippen LogP contribution in [-0.4, -0.2) is 18.1 Å². The van der Waals surface area contributed by atoms with E-state index in [0.717, 1.165) is 36.7 Å². The number of aromatic nitrogens is 1. The lowest BCUT2D eigenvalue weighted by Gasteiger charge is -2.23. The maximum Gasteiger partial charge on any atom is 0.125 e. The Hall–Kier alpha value is -2.10. The fraction of sp³-hybridized carbons (Fsp3) is 0.312. The molecule has 0 saturated carbocycles. The molecular weight excluding hydrogens is 253 g/mol. The van der Waals surface area contributed by atoms with Crippen LogP contribution in [0, 0.1) is 5.82 Å². The summed E-state index contributed by atoms with van der Waals surface area (Å²) in [7, 11) is 0. The second kappa shape index (κ2) is 6.89. The minimum Gasteiger partial charge on any atom is -0.370 e. The van der Waals surface area contributed by atoms with Gasteiger partial charge >= 0.3 is 0 Å². The summed E-state index contributed by atoms with van der Waals surface area (Å²) in [5, 5.41) is 3.17. The van der Waals surface area contributed by atoms with E-state index in [4.69, 9.17) is 0 Å². The van der Waals surface area contributed by atoms with Gasteiger partial charge in [0.1, 0.15) is 11.6 Å². The van der Waals surface area contributed by atoms with Crippen LogP contribution in [0.4, 0.5) is 15.9 Å². The van der Waals surface area contributed by atoms with Gasteiger partial charge in [0.2, 0.25) is 0 Å². The van der Waals surface area contributed by atoms with E-state index in [1.54, 1.807) is 12.1 Å². The van der Waals surface area contributed by atoms with Crippen LogP contribution in [0.15, 0.2) is 42.6 Å². The van der Waals surface area contributed by atoms with Crippen molar-refractivity contribution < 1.29 is 4.39 Å². The zero-order chi connectivity index (χ0) is 14.4. The molecule has 20 heavy (non-hydrogen) atoms. The summed E-state index contributed by atoms with van der Waals surface area (Å²) in [5.41, 5.74) is 2.00. The van der Waals surface area contributed by atoms with Gasteiger partial charge in [0.25, 0.3) is 0 Å². The van der Waals surface area contributed by atoms with Crippen molar-refractivity contribution in [2.45, 2.75) is 20.4 Å². The van der Waals surface area contributed by atoms with Gasteiger partial charge in [0.05, 0.1) is 0 Å². The molecule has 0 saturated heterocycles. The van der Waals surface area contributed by atoms with Crippen molar-refractivity contribution in [2.75, 3.05) is 23.3 Å². The molecule has 4 heteroatoms. The molecule has 1 N–H and O–H groups in total. The van der Waals surface area contributed by atoms with Gasteiger partial charge in [-0.2, -0.15) is 0 Å². The van der Waals surface area contributed by atoms with Gasteiger partial charge in [0, 0.05) is 31.5 Å². The van der Waals surface area contributed by atoms with Crippen LogP contribution in [0.25, 0.3) is 0 Å². The number of nitrogens with zero attached hydrogens (tertiary/aromatic N) is 2. The molecular formula is C16H20FN3. The van der Waals surface area contributed by atoms with Crippen molar-refractivity contribution in [3.8, 4) is 0 Å². The van der Waals surface area contributed by atoms with Gasteiger partial charge in [0.15, 0.2) is 0 Å². The van der Waals surface area contributed by atoms with E-state index in [1.165, 1.54) is 6.07 Å². The highest BCUT2D eigenvalue weighted by molar-refractivity contribution is 5.47. The molecule has 0 spiro atoms. The summed E-state index contributed by atoms with van der Waals surface area (Å²) < 4.78 is 13.3. The molecule has 0 amide bonds. The van der Waals surface area contributed by atoms with E-state index in [2.05, 4.69) is 22.1 Å². The second-order valence-electron chi connectivity index (χ2n) is 4.58. The Balaban J connectivity index is 2.09. The molecule has 0 atom stereocenters. The summed E-state index contributed by atoms with van der Waals surface area (Å²) >= 11 is 0. The first-order valence-corrected chi connectivity index (χ1v) is 6.92. The van der Waals surface area contributed by atoms with E-state index < -0.39 is 0 Å². The molecule has 0 fully saturated rings. The number of rotatable bonds is 6. The number of pyridine rings is 1. The van der Waals surface area contributed by atoms with Crippen molar-refractivity contribution in [1.82, 2.24) is 4.98 Å². The largest absolute Gasteiger partial charge is 0.370 e. The van der Waals surface area contributed by atoms with Crippen molar-refractivity contribution >= 4 is 11.5 Å². The zero-order valence-electron chi connectivity index (χ0n) is 11.9. The van der Waals surface area contributed by atoms with Crippen LogP contribution in [0.1, 0.15) is 19.4 Å². The molecule has 0 radical (unpaired) electrons. The Bertz CT molecular complexity index is 540. The summed E-state index contributed by atoms with van der Waals surface area (Å²) in [6, 6.07) is 10.7. The smallest absolute Gasteiger partial charge is 0.125 e. The molecule has 1 aromatic carbocycles. The molecule has 2 aromatic rings. The SMILES string of the molecule is CCNc1ccc(CN(CC)c2cccc(F)c2)cn1. The van der Waals surface area contributed by atoms with Gasteiger partial charge in [-0.3, -0.25) is 0 Å². The minimum absolute atomic E-state index is 0.207. The lowest BCUT2D eigenvalue weighted by atomic mass is 10.2. The predicted octanol–water partition coefficient (Wildman–Crippen LogP) is 3.68. The summed E-state index contributed by atoms with van der Waals surface area (Å²) in [6.07, 6.45) is 1.86. The first-order valence-electron chi connectivity index (χ1n) is 6.92. The number of halogens is 1. The molecule has 0 bridgehead atoms. The minimum atomic E-state index is -0.207. The normalized spacial score (nSPS) is 10.3. The first-order chi connectivity index (χ1) is 9.72. The van der Waals surface area contributed by atoms with Crippen LogP contribution in [-0.2, 0) is 6.54 Å². The summed E-state index contributed by atoms with van der Waals surface area (Å²) in [4.78, 5) is 6.47. The van der Waals surface area contributed by atoms with Crippen molar-refractivity contribution in [2.24, 2.45) is 0 Å². The van der Waals surface area contributed by atoms with Gasteiger partial charge in [-0.15, -0.1) is 0 Å². The third-order valence-corrected chi connectivity index (χ3v) is 3.11. The lowest BCUT2D eigenvalue weighted by molar-refractivity contribution is 0.626. The number of hydrogen-bond donors (Lipinski definition) is 1. The average Bonchev–Trinajstić information content (AvgIpc) is 2.47. The van der Waals surface area contributed by atoms with Crippen LogP contribution in [0.3, 0.4) is 0 Å². The molecule has 1 heterocycles. The van der Waals surface area contributed by atoms with Crippen molar-refractivity contribution in [1.29, 1.82) is 0 Å². The maximum atomic E-state index is 13.3. The predicted molar refractivity (Wildman–Crippen MR) is 81.5 cm³/mol. The Morgan fingerprint density at radius 2 is 2.05 bits per heavy atom. The fourth-order valence-electron chi connectivity index (χ4n) is 2.08.